The average molecular weight is 323 g/mol. The van der Waals surface area contributed by atoms with Gasteiger partial charge in [-0.3, -0.25) is 0 Å². The van der Waals surface area contributed by atoms with Crippen molar-refractivity contribution in [1.82, 2.24) is 15.2 Å². The van der Waals surface area contributed by atoms with Gasteiger partial charge < -0.3 is 4.42 Å². The van der Waals surface area contributed by atoms with Crippen LogP contribution in [0.15, 0.2) is 63.3 Å². The zero-order chi connectivity index (χ0) is 15.6. The molecule has 0 atom stereocenters. The van der Waals surface area contributed by atoms with E-state index >= 15 is 0 Å². The Morgan fingerprint density at radius 3 is 2.36 bits per heavy atom. The molecule has 0 unspecified atom stereocenters. The van der Waals surface area contributed by atoms with E-state index in [9.17, 15) is 13.2 Å². The maximum atomic E-state index is 12.4. The molecule has 2 heterocycles. The highest BCUT2D eigenvalue weighted by molar-refractivity contribution is 7.99. The molecule has 0 aliphatic carbocycles. The predicted molar refractivity (Wildman–Crippen MR) is 73.1 cm³/mol. The number of pyridine rings is 1. The van der Waals surface area contributed by atoms with Crippen LogP contribution in [0.2, 0.25) is 0 Å². The van der Waals surface area contributed by atoms with Crippen molar-refractivity contribution in [1.29, 1.82) is 0 Å². The van der Waals surface area contributed by atoms with Crippen LogP contribution in [-0.2, 0) is 6.18 Å². The van der Waals surface area contributed by atoms with Crippen molar-refractivity contribution >= 4 is 11.8 Å². The zero-order valence-corrected chi connectivity index (χ0v) is 11.7. The Morgan fingerprint density at radius 1 is 0.955 bits per heavy atom. The predicted octanol–water partition coefficient (Wildman–Crippen LogP) is 4.30. The molecule has 0 saturated heterocycles. The minimum atomic E-state index is -4.40. The van der Waals surface area contributed by atoms with Gasteiger partial charge >= 0.3 is 6.18 Å². The third-order valence-corrected chi connectivity index (χ3v) is 3.47. The van der Waals surface area contributed by atoms with Crippen LogP contribution >= 0.6 is 11.8 Å². The van der Waals surface area contributed by atoms with E-state index < -0.39 is 11.7 Å². The zero-order valence-electron chi connectivity index (χ0n) is 10.9. The van der Waals surface area contributed by atoms with Crippen LogP contribution in [0.5, 0.6) is 0 Å². The summed E-state index contributed by atoms with van der Waals surface area (Å²) in [6.07, 6.45) is -3.63. The molecule has 0 aliphatic heterocycles. The molecule has 112 valence electrons. The quantitative estimate of drug-likeness (QED) is 0.719. The Hall–Kier alpha value is -2.35. The van der Waals surface area contributed by atoms with Gasteiger partial charge in [0.1, 0.15) is 5.03 Å². The molecule has 22 heavy (non-hydrogen) atoms. The molecular weight excluding hydrogens is 315 g/mol. The highest BCUT2D eigenvalue weighted by atomic mass is 32.2. The van der Waals surface area contributed by atoms with E-state index in [2.05, 4.69) is 15.2 Å². The largest absolute Gasteiger partial charge is 0.417 e. The van der Waals surface area contributed by atoms with Gasteiger partial charge in [-0.15, -0.1) is 10.2 Å². The topological polar surface area (TPSA) is 51.8 Å². The van der Waals surface area contributed by atoms with Crippen molar-refractivity contribution in [2.75, 3.05) is 0 Å². The number of hydrogen-bond donors (Lipinski definition) is 0. The standard InChI is InChI=1S/C14H8F3N3OS/c15-14(16,17)10-6-7-11(18-8-10)22-13-20-19-12(21-13)9-4-2-1-3-5-9/h1-8H. The molecule has 0 aliphatic rings. The fourth-order valence-corrected chi connectivity index (χ4v) is 2.27. The minimum absolute atomic E-state index is 0.214. The van der Waals surface area contributed by atoms with Crippen molar-refractivity contribution < 1.29 is 17.6 Å². The average Bonchev–Trinajstić information content (AvgIpc) is 2.96. The second-order valence-electron chi connectivity index (χ2n) is 4.22. The second kappa shape index (κ2) is 5.80. The Balaban J connectivity index is 1.76. The van der Waals surface area contributed by atoms with E-state index in [1.54, 1.807) is 0 Å². The Kier molecular flexibility index (Phi) is 3.84. The molecule has 0 radical (unpaired) electrons. The summed E-state index contributed by atoms with van der Waals surface area (Å²) in [4.78, 5) is 3.74. The molecule has 0 amide bonds. The van der Waals surface area contributed by atoms with E-state index in [0.29, 0.717) is 10.9 Å². The first-order valence-corrected chi connectivity index (χ1v) is 6.94. The number of rotatable bonds is 3. The van der Waals surface area contributed by atoms with Crippen molar-refractivity contribution in [3.05, 3.63) is 54.2 Å². The third kappa shape index (κ3) is 3.28. The lowest BCUT2D eigenvalue weighted by Gasteiger charge is -2.05. The van der Waals surface area contributed by atoms with Crippen LogP contribution in [0.25, 0.3) is 11.5 Å². The number of alkyl halides is 3. The number of hydrogen-bond acceptors (Lipinski definition) is 5. The Labute approximate surface area is 127 Å². The molecular formula is C14H8F3N3OS. The highest BCUT2D eigenvalue weighted by Crippen LogP contribution is 2.31. The number of nitrogens with zero attached hydrogens (tertiary/aromatic N) is 3. The van der Waals surface area contributed by atoms with Gasteiger partial charge in [0.15, 0.2) is 0 Å². The molecule has 0 bridgehead atoms. The monoisotopic (exact) mass is 323 g/mol. The molecule has 0 N–H and O–H groups in total. The molecule has 3 rings (SSSR count). The van der Waals surface area contributed by atoms with Gasteiger partial charge in [-0.1, -0.05) is 18.2 Å². The summed E-state index contributed by atoms with van der Waals surface area (Å²) in [5.74, 6) is 0.343. The highest BCUT2D eigenvalue weighted by Gasteiger charge is 2.30. The molecule has 0 fully saturated rings. The van der Waals surface area contributed by atoms with E-state index in [-0.39, 0.29) is 5.22 Å². The summed E-state index contributed by atoms with van der Waals surface area (Å²) < 4.78 is 42.8. The first kappa shape index (κ1) is 14.6. The van der Waals surface area contributed by atoms with Gasteiger partial charge in [0.25, 0.3) is 5.22 Å². The van der Waals surface area contributed by atoms with Crippen molar-refractivity contribution in [2.45, 2.75) is 16.4 Å². The van der Waals surface area contributed by atoms with E-state index in [1.807, 2.05) is 30.3 Å². The Morgan fingerprint density at radius 2 is 1.73 bits per heavy atom. The van der Waals surface area contributed by atoms with Gasteiger partial charge in [-0.25, -0.2) is 4.98 Å². The number of benzene rings is 1. The summed E-state index contributed by atoms with van der Waals surface area (Å²) in [6.45, 7) is 0. The Bertz CT molecular complexity index is 757. The van der Waals surface area contributed by atoms with Gasteiger partial charge in [0.05, 0.1) is 5.56 Å². The van der Waals surface area contributed by atoms with Crippen LogP contribution in [0.3, 0.4) is 0 Å². The smallest absolute Gasteiger partial charge is 0.411 e. The molecule has 3 aromatic rings. The molecule has 0 saturated carbocycles. The van der Waals surface area contributed by atoms with Crippen LogP contribution in [0.1, 0.15) is 5.56 Å². The maximum absolute atomic E-state index is 12.4. The molecule has 8 heteroatoms. The fourth-order valence-electron chi connectivity index (χ4n) is 1.65. The van der Waals surface area contributed by atoms with Crippen LogP contribution in [0, 0.1) is 0 Å². The van der Waals surface area contributed by atoms with Crippen LogP contribution in [0.4, 0.5) is 13.2 Å². The van der Waals surface area contributed by atoms with Crippen molar-refractivity contribution in [3.63, 3.8) is 0 Å². The molecule has 0 spiro atoms. The van der Waals surface area contributed by atoms with Gasteiger partial charge in [-0.05, 0) is 36.0 Å². The third-order valence-electron chi connectivity index (χ3n) is 2.68. The van der Waals surface area contributed by atoms with Gasteiger partial charge in [0.2, 0.25) is 5.89 Å². The lowest BCUT2D eigenvalue weighted by Crippen LogP contribution is -2.04. The van der Waals surface area contributed by atoms with E-state index in [1.165, 1.54) is 6.07 Å². The normalized spacial score (nSPS) is 11.6. The van der Waals surface area contributed by atoms with Crippen molar-refractivity contribution in [2.24, 2.45) is 0 Å². The number of aromatic nitrogens is 3. The SMILES string of the molecule is FC(F)(F)c1ccc(Sc2nnc(-c3ccccc3)o2)nc1. The summed E-state index contributed by atoms with van der Waals surface area (Å²) in [5.41, 5.74) is -0.0328. The van der Waals surface area contributed by atoms with E-state index in [4.69, 9.17) is 4.42 Å². The summed E-state index contributed by atoms with van der Waals surface area (Å²) in [5, 5.41) is 8.29. The second-order valence-corrected chi connectivity index (χ2v) is 5.20. The lowest BCUT2D eigenvalue weighted by molar-refractivity contribution is -0.137. The lowest BCUT2D eigenvalue weighted by atomic mass is 10.2. The van der Waals surface area contributed by atoms with Gasteiger partial charge in [0, 0.05) is 11.8 Å². The maximum Gasteiger partial charge on any atom is 0.417 e. The summed E-state index contributed by atoms with van der Waals surface area (Å²) in [7, 11) is 0. The van der Waals surface area contributed by atoms with Gasteiger partial charge in [-0.2, -0.15) is 13.2 Å². The van der Waals surface area contributed by atoms with Crippen LogP contribution < -0.4 is 0 Å². The summed E-state index contributed by atoms with van der Waals surface area (Å²) in [6, 6.07) is 11.4. The van der Waals surface area contributed by atoms with E-state index in [0.717, 1.165) is 29.6 Å². The first-order chi connectivity index (χ1) is 10.5. The minimum Gasteiger partial charge on any atom is -0.411 e. The molecule has 2 aromatic heterocycles. The summed E-state index contributed by atoms with van der Waals surface area (Å²) >= 11 is 1.00. The fraction of sp³-hybridized carbons (Fsp3) is 0.0714. The van der Waals surface area contributed by atoms with Crippen molar-refractivity contribution in [3.8, 4) is 11.5 Å². The number of halogens is 3. The van der Waals surface area contributed by atoms with Crippen LogP contribution in [-0.4, -0.2) is 15.2 Å². The first-order valence-electron chi connectivity index (χ1n) is 6.12. The molecule has 1 aromatic carbocycles. The molecule has 4 nitrogen and oxygen atoms in total.